The molecule has 0 spiro atoms. The molecule has 0 fully saturated rings. The fraction of sp³-hybridized carbons (Fsp3) is 0.375. The first-order valence-electron chi connectivity index (χ1n) is 10.9. The van der Waals surface area contributed by atoms with Crippen molar-refractivity contribution in [2.45, 2.75) is 25.3 Å². The Hall–Kier alpha value is -3.40. The average Bonchev–Trinajstić information content (AvgIpc) is 3.11. The topological polar surface area (TPSA) is 139 Å². The third-order valence-electron chi connectivity index (χ3n) is 5.74. The molecule has 2 amide bonds. The van der Waals surface area contributed by atoms with Gasteiger partial charge in [-0.05, 0) is 28.7 Å². The zero-order chi connectivity index (χ0) is 24.9. The molecule has 2 aromatic rings. The van der Waals surface area contributed by atoms with Crippen molar-refractivity contribution in [3.05, 3.63) is 59.7 Å². The van der Waals surface area contributed by atoms with Gasteiger partial charge in [-0.1, -0.05) is 55.5 Å². The van der Waals surface area contributed by atoms with Crippen molar-refractivity contribution in [2.24, 2.45) is 5.92 Å². The van der Waals surface area contributed by atoms with Crippen LogP contribution in [0.2, 0.25) is 0 Å². The smallest absolute Gasteiger partial charge is 0.407 e. The SMILES string of the molecule is CC(CNC(=O)OCC1c2ccccc2-c2ccccc21)C(=O)NC(CCS(C)(=O)=O)C(=O)O. The van der Waals surface area contributed by atoms with E-state index in [0.717, 1.165) is 28.5 Å². The number of hydrogen-bond acceptors (Lipinski definition) is 6. The normalized spacial score (nSPS) is 14.4. The van der Waals surface area contributed by atoms with E-state index in [0.29, 0.717) is 0 Å². The molecule has 0 bridgehead atoms. The van der Waals surface area contributed by atoms with E-state index in [2.05, 4.69) is 10.6 Å². The summed E-state index contributed by atoms with van der Waals surface area (Å²) in [6.45, 7) is 1.59. The summed E-state index contributed by atoms with van der Waals surface area (Å²) in [5.41, 5.74) is 4.39. The van der Waals surface area contributed by atoms with Crippen LogP contribution in [-0.4, -0.2) is 62.7 Å². The highest BCUT2D eigenvalue weighted by Crippen LogP contribution is 2.44. The minimum absolute atomic E-state index is 0.0685. The molecule has 9 nitrogen and oxygen atoms in total. The van der Waals surface area contributed by atoms with Gasteiger partial charge in [0.25, 0.3) is 0 Å². The van der Waals surface area contributed by atoms with Crippen molar-refractivity contribution in [3.8, 4) is 11.1 Å². The lowest BCUT2D eigenvalue weighted by Gasteiger charge is -2.18. The average molecular weight is 489 g/mol. The molecule has 1 aliphatic rings. The number of hydrogen-bond donors (Lipinski definition) is 3. The van der Waals surface area contributed by atoms with E-state index in [4.69, 9.17) is 4.74 Å². The summed E-state index contributed by atoms with van der Waals surface area (Å²) in [7, 11) is -3.37. The summed E-state index contributed by atoms with van der Waals surface area (Å²) in [5, 5.41) is 14.1. The number of aliphatic carboxylic acids is 1. The summed E-state index contributed by atoms with van der Waals surface area (Å²) in [4.78, 5) is 35.9. The summed E-state index contributed by atoms with van der Waals surface area (Å²) in [5.74, 6) is -3.14. The first kappa shape index (κ1) is 25.2. The van der Waals surface area contributed by atoms with Gasteiger partial charge in [0.1, 0.15) is 22.5 Å². The number of nitrogens with one attached hydrogen (secondary N) is 2. The van der Waals surface area contributed by atoms with Gasteiger partial charge in [-0.2, -0.15) is 0 Å². The molecule has 182 valence electrons. The molecule has 2 unspecified atom stereocenters. The van der Waals surface area contributed by atoms with Crippen LogP contribution in [0.4, 0.5) is 4.79 Å². The van der Waals surface area contributed by atoms with Crippen LogP contribution in [0.25, 0.3) is 11.1 Å². The monoisotopic (exact) mass is 488 g/mol. The van der Waals surface area contributed by atoms with E-state index in [1.54, 1.807) is 0 Å². The number of fused-ring (bicyclic) bond motifs is 3. The fourth-order valence-corrected chi connectivity index (χ4v) is 4.55. The molecule has 2 atom stereocenters. The molecule has 0 aromatic heterocycles. The van der Waals surface area contributed by atoms with Gasteiger partial charge in [-0.25, -0.2) is 18.0 Å². The highest BCUT2D eigenvalue weighted by molar-refractivity contribution is 7.90. The predicted octanol–water partition coefficient (Wildman–Crippen LogP) is 2.17. The van der Waals surface area contributed by atoms with Crippen LogP contribution >= 0.6 is 0 Å². The van der Waals surface area contributed by atoms with Gasteiger partial charge >= 0.3 is 12.1 Å². The second kappa shape index (κ2) is 10.7. The van der Waals surface area contributed by atoms with E-state index < -0.39 is 39.8 Å². The Bertz CT molecular complexity index is 1130. The molecule has 0 saturated carbocycles. The number of carbonyl (C=O) groups is 3. The maximum atomic E-state index is 12.3. The highest BCUT2D eigenvalue weighted by Gasteiger charge is 2.29. The zero-order valence-electron chi connectivity index (χ0n) is 19.0. The van der Waals surface area contributed by atoms with Gasteiger partial charge in [-0.3, -0.25) is 4.79 Å². The second-order valence-corrected chi connectivity index (χ2v) is 10.7. The molecular weight excluding hydrogens is 460 g/mol. The molecule has 3 N–H and O–H groups in total. The Morgan fingerprint density at radius 2 is 1.59 bits per heavy atom. The predicted molar refractivity (Wildman–Crippen MR) is 126 cm³/mol. The summed E-state index contributed by atoms with van der Waals surface area (Å²) in [6, 6.07) is 14.6. The largest absolute Gasteiger partial charge is 0.480 e. The molecular formula is C24H28N2O7S. The van der Waals surface area contributed by atoms with Gasteiger partial charge < -0.3 is 20.5 Å². The number of carboxylic acids is 1. The molecule has 1 aliphatic carbocycles. The Morgan fingerprint density at radius 1 is 1.03 bits per heavy atom. The first-order chi connectivity index (χ1) is 16.1. The number of ether oxygens (including phenoxy) is 1. The van der Waals surface area contributed by atoms with Gasteiger partial charge in [0.05, 0.1) is 11.7 Å². The Kier molecular flexibility index (Phi) is 7.93. The van der Waals surface area contributed by atoms with E-state index in [1.807, 2.05) is 48.5 Å². The number of sulfone groups is 1. The summed E-state index contributed by atoms with van der Waals surface area (Å²) in [6.07, 6.45) is 0.0644. The van der Waals surface area contributed by atoms with Crippen molar-refractivity contribution in [1.82, 2.24) is 10.6 Å². The highest BCUT2D eigenvalue weighted by atomic mass is 32.2. The van der Waals surface area contributed by atoms with Crippen molar-refractivity contribution >= 4 is 27.8 Å². The lowest BCUT2D eigenvalue weighted by molar-refractivity contribution is -0.142. The fourth-order valence-electron chi connectivity index (χ4n) is 3.88. The number of rotatable bonds is 10. The molecule has 0 heterocycles. The Morgan fingerprint density at radius 3 is 2.12 bits per heavy atom. The minimum atomic E-state index is -3.37. The third-order valence-corrected chi connectivity index (χ3v) is 6.71. The number of carboxylic acid groups (broad SMARTS) is 1. The second-order valence-electron chi connectivity index (χ2n) is 8.43. The number of benzene rings is 2. The van der Waals surface area contributed by atoms with Gasteiger partial charge in [0, 0.05) is 18.7 Å². The van der Waals surface area contributed by atoms with E-state index in [1.165, 1.54) is 6.92 Å². The molecule has 34 heavy (non-hydrogen) atoms. The standard InChI is InChI=1S/C24H28N2O7S/c1-15(22(27)26-21(23(28)29)11-12-34(2,31)32)13-25-24(30)33-14-20-18-9-5-3-7-16(18)17-8-4-6-10-19(17)20/h3-10,15,20-21H,11-14H2,1-2H3,(H,25,30)(H,26,27)(H,28,29). The molecule has 2 aromatic carbocycles. The van der Waals surface area contributed by atoms with Gasteiger partial charge in [0.2, 0.25) is 5.91 Å². The number of carbonyl (C=O) groups excluding carboxylic acids is 2. The maximum absolute atomic E-state index is 12.3. The minimum Gasteiger partial charge on any atom is -0.480 e. The van der Waals surface area contributed by atoms with Crippen LogP contribution in [0.15, 0.2) is 48.5 Å². The molecule has 3 rings (SSSR count). The van der Waals surface area contributed by atoms with Crippen molar-refractivity contribution in [3.63, 3.8) is 0 Å². The van der Waals surface area contributed by atoms with Crippen LogP contribution in [0.3, 0.4) is 0 Å². The van der Waals surface area contributed by atoms with Crippen molar-refractivity contribution in [2.75, 3.05) is 25.2 Å². The Labute approximate surface area is 198 Å². The summed E-state index contributed by atoms with van der Waals surface area (Å²) < 4.78 is 28.0. The van der Waals surface area contributed by atoms with Crippen molar-refractivity contribution in [1.29, 1.82) is 0 Å². The quantitative estimate of drug-likeness (QED) is 0.466. The molecule has 0 radical (unpaired) electrons. The lowest BCUT2D eigenvalue weighted by Crippen LogP contribution is -2.46. The zero-order valence-corrected chi connectivity index (χ0v) is 19.8. The third kappa shape index (κ3) is 6.34. The molecule has 0 saturated heterocycles. The molecule has 0 aliphatic heterocycles. The first-order valence-corrected chi connectivity index (χ1v) is 12.9. The van der Waals surface area contributed by atoms with Crippen LogP contribution in [-0.2, 0) is 24.2 Å². The van der Waals surface area contributed by atoms with Crippen molar-refractivity contribution < 1.29 is 32.6 Å². The maximum Gasteiger partial charge on any atom is 0.407 e. The van der Waals surface area contributed by atoms with Crippen LogP contribution in [0.5, 0.6) is 0 Å². The molecule has 10 heteroatoms. The van der Waals surface area contributed by atoms with Crippen LogP contribution in [0.1, 0.15) is 30.4 Å². The van der Waals surface area contributed by atoms with E-state index >= 15 is 0 Å². The summed E-state index contributed by atoms with van der Waals surface area (Å²) >= 11 is 0. The Balaban J connectivity index is 1.50. The van der Waals surface area contributed by atoms with Crippen LogP contribution in [0, 0.1) is 5.92 Å². The number of amides is 2. The van der Waals surface area contributed by atoms with E-state index in [-0.39, 0.29) is 31.2 Å². The van der Waals surface area contributed by atoms with Gasteiger partial charge in [-0.15, -0.1) is 0 Å². The van der Waals surface area contributed by atoms with Gasteiger partial charge in [0.15, 0.2) is 0 Å². The van der Waals surface area contributed by atoms with Crippen LogP contribution < -0.4 is 10.6 Å². The number of alkyl carbamates (subject to hydrolysis) is 1. The van der Waals surface area contributed by atoms with E-state index in [9.17, 15) is 27.9 Å². The lowest BCUT2D eigenvalue weighted by atomic mass is 9.98.